The topological polar surface area (TPSA) is 71.7 Å². The standard InChI is InChI=1S/C15H26N4O2/c1-6-19(9-14(20)18(4)5)13-8-7-12(16)15(17-13)21-10-11(2)3/h7-8,11H,6,9-10,16H2,1-5H3. The average Bonchev–Trinajstić information content (AvgIpc) is 2.43. The summed E-state index contributed by atoms with van der Waals surface area (Å²) in [5.41, 5.74) is 6.39. The van der Waals surface area contributed by atoms with E-state index in [0.717, 1.165) is 0 Å². The highest BCUT2D eigenvalue weighted by Crippen LogP contribution is 2.23. The first-order chi connectivity index (χ1) is 9.85. The molecule has 0 spiro atoms. The third kappa shape index (κ3) is 5.13. The second-order valence-electron chi connectivity index (χ2n) is 5.57. The Balaban J connectivity index is 2.89. The highest BCUT2D eigenvalue weighted by Gasteiger charge is 2.14. The van der Waals surface area contributed by atoms with Crippen molar-refractivity contribution in [3.05, 3.63) is 12.1 Å². The summed E-state index contributed by atoms with van der Waals surface area (Å²) in [6.45, 7) is 7.63. The number of likely N-dealkylation sites (N-methyl/N-ethyl adjacent to an activating group) is 2. The SMILES string of the molecule is CCN(CC(=O)N(C)C)c1ccc(N)c(OCC(C)C)n1. The molecule has 1 aromatic rings. The van der Waals surface area contributed by atoms with Gasteiger partial charge in [0.2, 0.25) is 11.8 Å². The molecule has 1 rings (SSSR count). The Labute approximate surface area is 126 Å². The van der Waals surface area contributed by atoms with Crippen LogP contribution in [-0.4, -0.2) is 49.6 Å². The molecule has 0 aromatic carbocycles. The van der Waals surface area contributed by atoms with Crippen molar-refractivity contribution in [2.45, 2.75) is 20.8 Å². The molecule has 1 amide bonds. The number of aromatic nitrogens is 1. The van der Waals surface area contributed by atoms with Gasteiger partial charge in [0.25, 0.3) is 0 Å². The molecule has 118 valence electrons. The van der Waals surface area contributed by atoms with Gasteiger partial charge in [-0.15, -0.1) is 0 Å². The lowest BCUT2D eigenvalue weighted by atomic mass is 10.2. The number of carbonyl (C=O) groups is 1. The quantitative estimate of drug-likeness (QED) is 0.827. The van der Waals surface area contributed by atoms with Crippen molar-refractivity contribution in [3.8, 4) is 5.88 Å². The van der Waals surface area contributed by atoms with Gasteiger partial charge in [-0.05, 0) is 25.0 Å². The molecule has 2 N–H and O–H groups in total. The second-order valence-corrected chi connectivity index (χ2v) is 5.57. The molecule has 0 bridgehead atoms. The van der Waals surface area contributed by atoms with Gasteiger partial charge in [-0.3, -0.25) is 4.79 Å². The van der Waals surface area contributed by atoms with Crippen LogP contribution in [0.25, 0.3) is 0 Å². The van der Waals surface area contributed by atoms with Crippen LogP contribution in [0.15, 0.2) is 12.1 Å². The molecule has 21 heavy (non-hydrogen) atoms. The van der Waals surface area contributed by atoms with Crippen molar-refractivity contribution in [1.82, 2.24) is 9.88 Å². The van der Waals surface area contributed by atoms with Crippen molar-refractivity contribution < 1.29 is 9.53 Å². The molecule has 0 fully saturated rings. The zero-order valence-corrected chi connectivity index (χ0v) is 13.6. The Bertz CT molecular complexity index is 475. The van der Waals surface area contributed by atoms with Crippen molar-refractivity contribution in [2.75, 3.05) is 44.4 Å². The number of pyridine rings is 1. The minimum absolute atomic E-state index is 0.0279. The lowest BCUT2D eigenvalue weighted by Crippen LogP contribution is -2.37. The first-order valence-corrected chi connectivity index (χ1v) is 7.19. The molecular formula is C15H26N4O2. The number of nitrogen functional groups attached to an aromatic ring is 1. The number of rotatable bonds is 7. The number of anilines is 2. The van der Waals surface area contributed by atoms with E-state index in [4.69, 9.17) is 10.5 Å². The number of amides is 1. The summed E-state index contributed by atoms with van der Waals surface area (Å²) in [5, 5.41) is 0. The fourth-order valence-corrected chi connectivity index (χ4v) is 1.64. The maximum Gasteiger partial charge on any atom is 0.241 e. The molecule has 1 heterocycles. The van der Waals surface area contributed by atoms with Gasteiger partial charge >= 0.3 is 0 Å². The van der Waals surface area contributed by atoms with Crippen LogP contribution in [-0.2, 0) is 4.79 Å². The molecule has 0 aliphatic rings. The molecule has 6 nitrogen and oxygen atoms in total. The van der Waals surface area contributed by atoms with Gasteiger partial charge in [-0.25, -0.2) is 0 Å². The molecule has 0 radical (unpaired) electrons. The van der Waals surface area contributed by atoms with Crippen LogP contribution in [0, 0.1) is 5.92 Å². The first-order valence-electron chi connectivity index (χ1n) is 7.19. The van der Waals surface area contributed by atoms with Crippen LogP contribution in [0.4, 0.5) is 11.5 Å². The van der Waals surface area contributed by atoms with Crippen LogP contribution in [0.5, 0.6) is 5.88 Å². The van der Waals surface area contributed by atoms with E-state index in [1.165, 1.54) is 0 Å². The fourth-order valence-electron chi connectivity index (χ4n) is 1.64. The van der Waals surface area contributed by atoms with Gasteiger partial charge in [-0.2, -0.15) is 4.98 Å². The van der Waals surface area contributed by atoms with E-state index in [2.05, 4.69) is 18.8 Å². The number of hydrogen-bond donors (Lipinski definition) is 1. The fraction of sp³-hybridized carbons (Fsp3) is 0.600. The summed E-state index contributed by atoms with van der Waals surface area (Å²) in [5.74, 6) is 1.55. The van der Waals surface area contributed by atoms with Crippen LogP contribution >= 0.6 is 0 Å². The van der Waals surface area contributed by atoms with Crippen molar-refractivity contribution in [1.29, 1.82) is 0 Å². The van der Waals surface area contributed by atoms with E-state index >= 15 is 0 Å². The van der Waals surface area contributed by atoms with Crippen LogP contribution in [0.3, 0.4) is 0 Å². The van der Waals surface area contributed by atoms with Gasteiger partial charge in [-0.1, -0.05) is 13.8 Å². The molecule has 0 atom stereocenters. The number of nitrogens with zero attached hydrogens (tertiary/aromatic N) is 3. The normalized spacial score (nSPS) is 10.6. The smallest absolute Gasteiger partial charge is 0.241 e. The molecule has 0 unspecified atom stereocenters. The molecule has 0 saturated heterocycles. The Morgan fingerprint density at radius 2 is 2.05 bits per heavy atom. The van der Waals surface area contributed by atoms with Crippen molar-refractivity contribution in [3.63, 3.8) is 0 Å². The Morgan fingerprint density at radius 3 is 2.57 bits per heavy atom. The van der Waals surface area contributed by atoms with E-state index in [-0.39, 0.29) is 12.5 Å². The minimum Gasteiger partial charge on any atom is -0.476 e. The monoisotopic (exact) mass is 294 g/mol. The van der Waals surface area contributed by atoms with Crippen LogP contribution < -0.4 is 15.4 Å². The third-order valence-electron chi connectivity index (χ3n) is 2.96. The second kappa shape index (κ2) is 7.71. The van der Waals surface area contributed by atoms with Crippen LogP contribution in [0.1, 0.15) is 20.8 Å². The van der Waals surface area contributed by atoms with Gasteiger partial charge < -0.3 is 20.3 Å². The zero-order valence-electron chi connectivity index (χ0n) is 13.6. The largest absolute Gasteiger partial charge is 0.476 e. The van der Waals surface area contributed by atoms with Gasteiger partial charge in [0.05, 0.1) is 18.8 Å². The first kappa shape index (κ1) is 17.1. The van der Waals surface area contributed by atoms with Gasteiger partial charge in [0.1, 0.15) is 5.82 Å². The van der Waals surface area contributed by atoms with E-state index in [1.54, 1.807) is 25.1 Å². The maximum absolute atomic E-state index is 11.9. The molecule has 6 heteroatoms. The molecule has 0 aliphatic heterocycles. The number of nitrogens with two attached hydrogens (primary N) is 1. The summed E-state index contributed by atoms with van der Waals surface area (Å²) in [6, 6.07) is 3.57. The Hall–Kier alpha value is -1.98. The predicted octanol–water partition coefficient (Wildman–Crippen LogP) is 1.61. The van der Waals surface area contributed by atoms with E-state index < -0.39 is 0 Å². The number of hydrogen-bond acceptors (Lipinski definition) is 5. The maximum atomic E-state index is 11.9. The lowest BCUT2D eigenvalue weighted by molar-refractivity contribution is -0.127. The van der Waals surface area contributed by atoms with Crippen molar-refractivity contribution >= 4 is 17.4 Å². The zero-order chi connectivity index (χ0) is 16.0. The molecule has 0 saturated carbocycles. The van der Waals surface area contributed by atoms with Crippen molar-refractivity contribution in [2.24, 2.45) is 5.92 Å². The summed E-state index contributed by atoms with van der Waals surface area (Å²) < 4.78 is 5.63. The molecule has 1 aromatic heterocycles. The highest BCUT2D eigenvalue weighted by atomic mass is 16.5. The van der Waals surface area contributed by atoms with Gasteiger partial charge in [0.15, 0.2) is 0 Å². The van der Waals surface area contributed by atoms with E-state index in [9.17, 15) is 4.79 Å². The third-order valence-corrected chi connectivity index (χ3v) is 2.96. The predicted molar refractivity (Wildman–Crippen MR) is 85.6 cm³/mol. The van der Waals surface area contributed by atoms with Gasteiger partial charge in [0, 0.05) is 20.6 Å². The Morgan fingerprint density at radius 1 is 1.38 bits per heavy atom. The summed E-state index contributed by atoms with van der Waals surface area (Å²) in [7, 11) is 3.48. The number of ether oxygens (including phenoxy) is 1. The minimum atomic E-state index is 0.0279. The molecule has 0 aliphatic carbocycles. The Kier molecular flexibility index (Phi) is 6.27. The lowest BCUT2D eigenvalue weighted by Gasteiger charge is -2.24. The summed E-state index contributed by atoms with van der Waals surface area (Å²) in [4.78, 5) is 19.7. The number of carbonyl (C=O) groups excluding carboxylic acids is 1. The van der Waals surface area contributed by atoms with E-state index in [1.807, 2.05) is 17.9 Å². The average molecular weight is 294 g/mol. The highest BCUT2D eigenvalue weighted by molar-refractivity contribution is 5.80. The summed E-state index contributed by atoms with van der Waals surface area (Å²) in [6.07, 6.45) is 0. The van der Waals surface area contributed by atoms with E-state index in [0.29, 0.717) is 36.5 Å². The van der Waals surface area contributed by atoms with Crippen LogP contribution in [0.2, 0.25) is 0 Å². The summed E-state index contributed by atoms with van der Waals surface area (Å²) >= 11 is 0. The molecular weight excluding hydrogens is 268 g/mol.